The van der Waals surface area contributed by atoms with Gasteiger partial charge in [-0.15, -0.1) is 0 Å². The zero-order valence-electron chi connectivity index (χ0n) is 16.8. The van der Waals surface area contributed by atoms with Gasteiger partial charge in [0.15, 0.2) is 5.82 Å². The van der Waals surface area contributed by atoms with Crippen molar-refractivity contribution in [1.82, 2.24) is 24.7 Å². The number of hydrogen-bond donors (Lipinski definition) is 1. The molecule has 0 spiro atoms. The number of nitrogens with one attached hydrogen (secondary N) is 1. The molecule has 1 N–H and O–H groups in total. The van der Waals surface area contributed by atoms with Crippen LogP contribution in [0.3, 0.4) is 0 Å². The second-order valence-corrected chi connectivity index (χ2v) is 8.74. The van der Waals surface area contributed by atoms with Gasteiger partial charge < -0.3 is 14.5 Å². The first kappa shape index (κ1) is 20.4. The van der Waals surface area contributed by atoms with Crippen molar-refractivity contribution in [3.05, 3.63) is 42.4 Å². The van der Waals surface area contributed by atoms with E-state index in [4.69, 9.17) is 4.74 Å². The van der Waals surface area contributed by atoms with Crippen LogP contribution in [0.25, 0.3) is 10.9 Å². The average molecular weight is 430 g/mol. The molecule has 1 aliphatic rings. The summed E-state index contributed by atoms with van der Waals surface area (Å²) in [6.07, 6.45) is 1.57. The quantitative estimate of drug-likeness (QED) is 0.608. The molecule has 1 aromatic carbocycles. The largest absolute Gasteiger partial charge is 0.378 e. The minimum Gasteiger partial charge on any atom is -0.378 e. The summed E-state index contributed by atoms with van der Waals surface area (Å²) in [5.74, 6) is 1.32. The van der Waals surface area contributed by atoms with Gasteiger partial charge >= 0.3 is 0 Å². The number of rotatable bonds is 6. The smallest absolute Gasteiger partial charge is 0.243 e. The molecule has 158 valence electrons. The number of nitrogens with zero attached hydrogens (tertiary/aromatic N) is 6. The Morgan fingerprint density at radius 3 is 2.63 bits per heavy atom. The van der Waals surface area contributed by atoms with Gasteiger partial charge in [0.05, 0.1) is 25.3 Å². The number of sulfonamides is 1. The van der Waals surface area contributed by atoms with Gasteiger partial charge in [-0.3, -0.25) is 4.98 Å². The van der Waals surface area contributed by atoms with Crippen LogP contribution in [-0.2, 0) is 21.3 Å². The fourth-order valence-corrected chi connectivity index (χ4v) is 4.27. The summed E-state index contributed by atoms with van der Waals surface area (Å²) in [7, 11) is -0.161. The van der Waals surface area contributed by atoms with Crippen LogP contribution >= 0.6 is 0 Å². The van der Waals surface area contributed by atoms with Gasteiger partial charge in [-0.25, -0.2) is 13.1 Å². The van der Waals surface area contributed by atoms with E-state index < -0.39 is 10.0 Å². The molecule has 11 heteroatoms. The van der Waals surface area contributed by atoms with Crippen LogP contribution in [0.15, 0.2) is 41.4 Å². The summed E-state index contributed by atoms with van der Waals surface area (Å²) < 4.78 is 33.9. The Bertz CT molecular complexity index is 1140. The topological polar surface area (TPSA) is 113 Å². The van der Waals surface area contributed by atoms with E-state index in [2.05, 4.69) is 24.7 Å². The number of ether oxygens (including phenoxy) is 1. The van der Waals surface area contributed by atoms with Crippen molar-refractivity contribution in [2.24, 2.45) is 0 Å². The molecule has 1 saturated heterocycles. The fourth-order valence-electron chi connectivity index (χ4n) is 3.11. The summed E-state index contributed by atoms with van der Waals surface area (Å²) in [6.45, 7) is 2.47. The number of fused-ring (bicyclic) bond motifs is 1. The van der Waals surface area contributed by atoms with Crippen LogP contribution in [0.5, 0.6) is 0 Å². The molecule has 0 atom stereocenters. The number of para-hydroxylation sites is 1. The lowest BCUT2D eigenvalue weighted by Gasteiger charge is -2.27. The molecule has 10 nitrogen and oxygen atoms in total. The first-order chi connectivity index (χ1) is 14.4. The van der Waals surface area contributed by atoms with Crippen LogP contribution in [0, 0.1) is 0 Å². The molecule has 1 aliphatic heterocycles. The standard InChI is InChI=1S/C19H23N7O3S/c1-25(2)18-22-16(23-19(24-18)26-9-11-29-12-10-26)13-21-30(27,28)15-7-3-5-14-6-4-8-20-17(14)15/h3-8,21H,9-13H2,1-2H3. The zero-order chi connectivity index (χ0) is 21.1. The zero-order valence-corrected chi connectivity index (χ0v) is 17.6. The molecule has 0 aliphatic carbocycles. The van der Waals surface area contributed by atoms with Crippen LogP contribution in [-0.4, -0.2) is 68.8 Å². The summed E-state index contributed by atoms with van der Waals surface area (Å²) in [5, 5.41) is 0.755. The molecule has 0 radical (unpaired) electrons. The van der Waals surface area contributed by atoms with Crippen molar-refractivity contribution in [3.8, 4) is 0 Å². The van der Waals surface area contributed by atoms with E-state index in [-0.39, 0.29) is 11.4 Å². The van der Waals surface area contributed by atoms with E-state index in [1.165, 1.54) is 6.07 Å². The second kappa shape index (κ2) is 8.46. The van der Waals surface area contributed by atoms with Crippen LogP contribution in [0.4, 0.5) is 11.9 Å². The van der Waals surface area contributed by atoms with Crippen molar-refractivity contribution in [2.75, 3.05) is 50.2 Å². The maximum atomic E-state index is 13.0. The van der Waals surface area contributed by atoms with Gasteiger partial charge in [0.2, 0.25) is 21.9 Å². The van der Waals surface area contributed by atoms with Crippen molar-refractivity contribution in [1.29, 1.82) is 0 Å². The van der Waals surface area contributed by atoms with Gasteiger partial charge in [0.1, 0.15) is 4.90 Å². The van der Waals surface area contributed by atoms with Gasteiger partial charge in [-0.1, -0.05) is 18.2 Å². The monoisotopic (exact) mass is 429 g/mol. The van der Waals surface area contributed by atoms with Crippen LogP contribution in [0.2, 0.25) is 0 Å². The van der Waals surface area contributed by atoms with E-state index in [9.17, 15) is 8.42 Å². The van der Waals surface area contributed by atoms with Gasteiger partial charge in [-0.2, -0.15) is 15.0 Å². The Morgan fingerprint density at radius 1 is 1.10 bits per heavy atom. The van der Waals surface area contributed by atoms with Gasteiger partial charge in [-0.05, 0) is 12.1 Å². The van der Waals surface area contributed by atoms with E-state index in [0.29, 0.717) is 49.5 Å². The van der Waals surface area contributed by atoms with Crippen LogP contribution in [0.1, 0.15) is 5.82 Å². The van der Waals surface area contributed by atoms with Crippen molar-refractivity contribution < 1.29 is 13.2 Å². The van der Waals surface area contributed by atoms with E-state index >= 15 is 0 Å². The highest BCUT2D eigenvalue weighted by molar-refractivity contribution is 7.89. The summed E-state index contributed by atoms with van der Waals surface area (Å²) in [6, 6.07) is 8.65. The minimum atomic E-state index is -3.82. The molecule has 0 saturated carbocycles. The third kappa shape index (κ3) is 4.32. The Morgan fingerprint density at radius 2 is 1.87 bits per heavy atom. The van der Waals surface area contributed by atoms with Crippen molar-refractivity contribution in [3.63, 3.8) is 0 Å². The molecule has 0 amide bonds. The number of hydrogen-bond acceptors (Lipinski definition) is 9. The highest BCUT2D eigenvalue weighted by atomic mass is 32.2. The Balaban J connectivity index is 1.61. The van der Waals surface area contributed by atoms with E-state index in [1.807, 2.05) is 31.1 Å². The molecule has 0 bridgehead atoms. The number of benzene rings is 1. The maximum Gasteiger partial charge on any atom is 0.243 e. The van der Waals surface area contributed by atoms with Crippen LogP contribution < -0.4 is 14.5 Å². The molecule has 4 rings (SSSR count). The fraction of sp³-hybridized carbons (Fsp3) is 0.368. The predicted octanol–water partition coefficient (Wildman–Crippen LogP) is 0.801. The Kier molecular flexibility index (Phi) is 5.75. The Labute approximate surface area is 175 Å². The van der Waals surface area contributed by atoms with E-state index in [0.717, 1.165) is 5.39 Å². The van der Waals surface area contributed by atoms with Gasteiger partial charge in [0, 0.05) is 38.8 Å². The van der Waals surface area contributed by atoms with Crippen molar-refractivity contribution in [2.45, 2.75) is 11.4 Å². The number of morpholine rings is 1. The second-order valence-electron chi connectivity index (χ2n) is 7.00. The molecule has 0 unspecified atom stereocenters. The number of aromatic nitrogens is 4. The molecule has 2 aromatic heterocycles. The molecular weight excluding hydrogens is 406 g/mol. The normalized spacial score (nSPS) is 14.8. The number of pyridine rings is 1. The molecule has 3 heterocycles. The molecular formula is C19H23N7O3S. The van der Waals surface area contributed by atoms with Crippen molar-refractivity contribution >= 4 is 32.8 Å². The SMILES string of the molecule is CN(C)c1nc(CNS(=O)(=O)c2cccc3cccnc23)nc(N2CCOCC2)n1. The first-order valence-corrected chi connectivity index (χ1v) is 11.0. The highest BCUT2D eigenvalue weighted by Crippen LogP contribution is 2.21. The highest BCUT2D eigenvalue weighted by Gasteiger charge is 2.21. The predicted molar refractivity (Wildman–Crippen MR) is 113 cm³/mol. The summed E-state index contributed by atoms with van der Waals surface area (Å²) in [4.78, 5) is 21.5. The maximum absolute atomic E-state index is 13.0. The lowest BCUT2D eigenvalue weighted by Crippen LogP contribution is -2.38. The lowest BCUT2D eigenvalue weighted by atomic mass is 10.2. The summed E-state index contributed by atoms with van der Waals surface area (Å²) in [5.41, 5.74) is 0.422. The Hall–Kier alpha value is -2.89. The molecule has 1 fully saturated rings. The number of anilines is 2. The average Bonchev–Trinajstić information content (AvgIpc) is 2.77. The lowest BCUT2D eigenvalue weighted by molar-refractivity contribution is 0.122. The minimum absolute atomic E-state index is 0.0632. The van der Waals surface area contributed by atoms with Gasteiger partial charge in [0.25, 0.3) is 0 Å². The molecule has 30 heavy (non-hydrogen) atoms. The first-order valence-electron chi connectivity index (χ1n) is 9.52. The third-order valence-corrected chi connectivity index (χ3v) is 6.09. The van der Waals surface area contributed by atoms with E-state index in [1.54, 1.807) is 23.2 Å². The molecule has 3 aromatic rings. The third-order valence-electron chi connectivity index (χ3n) is 4.66. The summed E-state index contributed by atoms with van der Waals surface area (Å²) >= 11 is 0.